The van der Waals surface area contributed by atoms with Crippen molar-refractivity contribution in [3.05, 3.63) is 95.1 Å². The highest BCUT2D eigenvalue weighted by Crippen LogP contribution is 2.43. The number of ether oxygens (including phenoxy) is 2. The molecule has 1 atom stereocenters. The lowest BCUT2D eigenvalue weighted by molar-refractivity contribution is -0.132. The van der Waals surface area contributed by atoms with Crippen LogP contribution in [0.2, 0.25) is 0 Å². The predicted molar refractivity (Wildman–Crippen MR) is 136 cm³/mol. The van der Waals surface area contributed by atoms with Crippen LogP contribution in [0.15, 0.2) is 78.4 Å². The Morgan fingerprint density at radius 3 is 2.06 bits per heavy atom. The van der Waals surface area contributed by atoms with Gasteiger partial charge in [0, 0.05) is 11.3 Å². The van der Waals surface area contributed by atoms with E-state index in [9.17, 15) is 14.7 Å². The number of anilines is 1. The van der Waals surface area contributed by atoms with E-state index in [-0.39, 0.29) is 16.7 Å². The van der Waals surface area contributed by atoms with Crippen LogP contribution < -0.4 is 14.4 Å². The summed E-state index contributed by atoms with van der Waals surface area (Å²) >= 11 is 0. The molecule has 1 saturated heterocycles. The summed E-state index contributed by atoms with van der Waals surface area (Å²) in [5, 5.41) is 11.3. The van der Waals surface area contributed by atoms with Crippen LogP contribution in [-0.2, 0) is 15.0 Å². The first-order valence-electron chi connectivity index (χ1n) is 11.4. The molecule has 0 saturated carbocycles. The highest BCUT2D eigenvalue weighted by molar-refractivity contribution is 6.51. The molecule has 1 unspecified atom stereocenters. The molecule has 35 heavy (non-hydrogen) atoms. The smallest absolute Gasteiger partial charge is 0.300 e. The van der Waals surface area contributed by atoms with Crippen molar-refractivity contribution >= 4 is 23.1 Å². The zero-order valence-corrected chi connectivity index (χ0v) is 20.5. The SMILES string of the molecule is COc1ccc(/C(O)=C2/C(=O)C(=O)N(c3ccc(C(C)(C)C)cc3)C2c2ccccc2)cc1OC. The van der Waals surface area contributed by atoms with E-state index < -0.39 is 17.7 Å². The van der Waals surface area contributed by atoms with E-state index in [1.165, 1.54) is 19.1 Å². The summed E-state index contributed by atoms with van der Waals surface area (Å²) in [5.41, 5.74) is 2.73. The Kier molecular flexibility index (Phi) is 6.39. The van der Waals surface area contributed by atoms with Gasteiger partial charge in [-0.25, -0.2) is 0 Å². The first kappa shape index (κ1) is 24.1. The van der Waals surface area contributed by atoms with Crippen molar-refractivity contribution in [3.8, 4) is 11.5 Å². The van der Waals surface area contributed by atoms with E-state index in [0.29, 0.717) is 28.3 Å². The van der Waals surface area contributed by atoms with Crippen molar-refractivity contribution in [2.75, 3.05) is 19.1 Å². The fourth-order valence-corrected chi connectivity index (χ4v) is 4.31. The van der Waals surface area contributed by atoms with Crippen LogP contribution in [0.4, 0.5) is 5.69 Å². The van der Waals surface area contributed by atoms with Gasteiger partial charge in [0.25, 0.3) is 11.7 Å². The fraction of sp³-hybridized carbons (Fsp3) is 0.241. The van der Waals surface area contributed by atoms with E-state index in [1.807, 2.05) is 54.6 Å². The van der Waals surface area contributed by atoms with Crippen molar-refractivity contribution < 1.29 is 24.2 Å². The summed E-state index contributed by atoms with van der Waals surface area (Å²) in [6, 6.07) is 20.9. The van der Waals surface area contributed by atoms with Crippen molar-refractivity contribution in [3.63, 3.8) is 0 Å². The van der Waals surface area contributed by atoms with Gasteiger partial charge in [-0.3, -0.25) is 14.5 Å². The molecule has 6 heteroatoms. The first-order chi connectivity index (χ1) is 16.7. The number of hydrogen-bond acceptors (Lipinski definition) is 5. The molecular weight excluding hydrogens is 442 g/mol. The van der Waals surface area contributed by atoms with E-state index in [4.69, 9.17) is 9.47 Å². The van der Waals surface area contributed by atoms with E-state index in [2.05, 4.69) is 20.8 Å². The maximum atomic E-state index is 13.3. The number of carbonyl (C=O) groups excluding carboxylic acids is 2. The molecule has 0 aliphatic carbocycles. The molecule has 0 aromatic heterocycles. The third-order valence-corrected chi connectivity index (χ3v) is 6.23. The number of hydrogen-bond donors (Lipinski definition) is 1. The second-order valence-electron chi connectivity index (χ2n) is 9.45. The lowest BCUT2D eigenvalue weighted by atomic mass is 9.87. The third-order valence-electron chi connectivity index (χ3n) is 6.23. The topological polar surface area (TPSA) is 76.1 Å². The number of carbonyl (C=O) groups is 2. The molecule has 180 valence electrons. The van der Waals surface area contributed by atoms with Crippen LogP contribution in [0.5, 0.6) is 11.5 Å². The summed E-state index contributed by atoms with van der Waals surface area (Å²) in [6.45, 7) is 6.34. The summed E-state index contributed by atoms with van der Waals surface area (Å²) in [5.74, 6) is -0.815. The molecule has 0 bridgehead atoms. The molecule has 1 heterocycles. The van der Waals surface area contributed by atoms with E-state index in [1.54, 1.807) is 18.2 Å². The molecule has 0 spiro atoms. The van der Waals surface area contributed by atoms with Crippen LogP contribution in [0.25, 0.3) is 5.76 Å². The first-order valence-corrected chi connectivity index (χ1v) is 11.4. The molecule has 6 nitrogen and oxygen atoms in total. The number of aliphatic hydroxyl groups excluding tert-OH is 1. The summed E-state index contributed by atoms with van der Waals surface area (Å²) in [4.78, 5) is 28.1. The minimum Gasteiger partial charge on any atom is -0.507 e. The van der Waals surface area contributed by atoms with Crippen LogP contribution in [0.1, 0.15) is 43.5 Å². The van der Waals surface area contributed by atoms with Crippen LogP contribution in [0, 0.1) is 0 Å². The number of nitrogens with zero attached hydrogens (tertiary/aromatic N) is 1. The molecule has 3 aromatic rings. The van der Waals surface area contributed by atoms with Crippen molar-refractivity contribution in [1.29, 1.82) is 0 Å². The lowest BCUT2D eigenvalue weighted by Crippen LogP contribution is -2.29. The highest BCUT2D eigenvalue weighted by atomic mass is 16.5. The second kappa shape index (κ2) is 9.29. The largest absolute Gasteiger partial charge is 0.507 e. The predicted octanol–water partition coefficient (Wildman–Crippen LogP) is 5.63. The highest BCUT2D eigenvalue weighted by Gasteiger charge is 2.47. The Labute approximate surface area is 205 Å². The Morgan fingerprint density at radius 2 is 1.49 bits per heavy atom. The van der Waals surface area contributed by atoms with Gasteiger partial charge in [-0.1, -0.05) is 63.2 Å². The molecule has 1 aliphatic rings. The van der Waals surface area contributed by atoms with Gasteiger partial charge >= 0.3 is 0 Å². The summed E-state index contributed by atoms with van der Waals surface area (Å²) in [6.07, 6.45) is 0. The van der Waals surface area contributed by atoms with Gasteiger partial charge in [0.05, 0.1) is 25.8 Å². The van der Waals surface area contributed by atoms with Crippen molar-refractivity contribution in [1.82, 2.24) is 0 Å². The maximum absolute atomic E-state index is 13.3. The quantitative estimate of drug-likeness (QED) is 0.297. The number of amides is 1. The second-order valence-corrected chi connectivity index (χ2v) is 9.45. The van der Waals surface area contributed by atoms with Crippen LogP contribution in [0.3, 0.4) is 0 Å². The van der Waals surface area contributed by atoms with Gasteiger partial charge in [0.2, 0.25) is 0 Å². The van der Waals surface area contributed by atoms with Gasteiger partial charge in [-0.05, 0) is 46.9 Å². The lowest BCUT2D eigenvalue weighted by Gasteiger charge is -2.26. The molecule has 4 rings (SSSR count). The number of Topliss-reactive ketones (excluding diaryl/α,β-unsaturated/α-hetero) is 1. The fourth-order valence-electron chi connectivity index (χ4n) is 4.31. The number of methoxy groups -OCH3 is 2. The molecular formula is C29H29NO5. The molecule has 1 N–H and O–H groups in total. The average molecular weight is 472 g/mol. The Bertz CT molecular complexity index is 1290. The number of ketones is 1. The molecule has 1 fully saturated rings. The molecule has 0 radical (unpaired) electrons. The third kappa shape index (κ3) is 4.39. The zero-order valence-electron chi connectivity index (χ0n) is 20.5. The summed E-state index contributed by atoms with van der Waals surface area (Å²) in [7, 11) is 3.01. The Hall–Kier alpha value is -4.06. The van der Waals surface area contributed by atoms with Gasteiger partial charge in [0.1, 0.15) is 5.76 Å². The van der Waals surface area contributed by atoms with Gasteiger partial charge < -0.3 is 14.6 Å². The Morgan fingerprint density at radius 1 is 0.857 bits per heavy atom. The van der Waals surface area contributed by atoms with E-state index in [0.717, 1.165) is 5.56 Å². The molecule has 1 aliphatic heterocycles. The van der Waals surface area contributed by atoms with Crippen molar-refractivity contribution in [2.45, 2.75) is 32.2 Å². The number of benzene rings is 3. The molecule has 3 aromatic carbocycles. The zero-order chi connectivity index (χ0) is 25.3. The van der Waals surface area contributed by atoms with Crippen LogP contribution in [-0.4, -0.2) is 31.0 Å². The number of aliphatic hydroxyl groups is 1. The van der Waals surface area contributed by atoms with Gasteiger partial charge in [0.15, 0.2) is 11.5 Å². The minimum absolute atomic E-state index is 0.0216. The maximum Gasteiger partial charge on any atom is 0.300 e. The normalized spacial score (nSPS) is 17.5. The van der Waals surface area contributed by atoms with Gasteiger partial charge in [-0.15, -0.1) is 0 Å². The van der Waals surface area contributed by atoms with Crippen LogP contribution >= 0.6 is 0 Å². The Balaban J connectivity index is 1.89. The monoisotopic (exact) mass is 471 g/mol. The standard InChI is InChI=1S/C29H29NO5/c1-29(2,3)20-12-14-21(15-13-20)30-25(18-9-7-6-8-10-18)24(27(32)28(30)33)26(31)19-11-16-22(34-4)23(17-19)35-5/h6-17,25,31H,1-5H3/b26-24-. The average Bonchev–Trinajstić information content (AvgIpc) is 3.13. The summed E-state index contributed by atoms with van der Waals surface area (Å²) < 4.78 is 10.6. The van der Waals surface area contributed by atoms with Gasteiger partial charge in [-0.2, -0.15) is 0 Å². The number of rotatable bonds is 5. The minimum atomic E-state index is -0.787. The van der Waals surface area contributed by atoms with Crippen molar-refractivity contribution in [2.24, 2.45) is 0 Å². The van der Waals surface area contributed by atoms with E-state index >= 15 is 0 Å². The molecule has 1 amide bonds.